The maximum Gasteiger partial charge on any atom is 0.259 e. The molecule has 8 heteroatoms. The van der Waals surface area contributed by atoms with Crippen LogP contribution < -0.4 is 11.3 Å². The van der Waals surface area contributed by atoms with Crippen LogP contribution in [0.4, 0.5) is 0 Å². The maximum atomic E-state index is 13.7. The Morgan fingerprint density at radius 3 is 2.85 bits per heavy atom. The van der Waals surface area contributed by atoms with Crippen LogP contribution in [0.2, 0.25) is 0 Å². The molecule has 0 bridgehead atoms. The molecule has 8 nitrogen and oxygen atoms in total. The molecule has 1 saturated carbocycles. The van der Waals surface area contributed by atoms with Gasteiger partial charge in [0.1, 0.15) is 29.9 Å². The molecule has 1 aromatic carbocycles. The van der Waals surface area contributed by atoms with E-state index in [1.165, 1.54) is 6.34 Å². The molecule has 3 heterocycles. The molecular weight excluding hydrogens is 416 g/mol. The van der Waals surface area contributed by atoms with Gasteiger partial charge in [-0.2, -0.15) is 5.10 Å². The predicted octanol–water partition coefficient (Wildman–Crippen LogP) is 2.32. The van der Waals surface area contributed by atoms with Gasteiger partial charge in [-0.25, -0.2) is 9.98 Å². The van der Waals surface area contributed by atoms with Crippen LogP contribution in [0.3, 0.4) is 0 Å². The van der Waals surface area contributed by atoms with Crippen LogP contribution in [-0.4, -0.2) is 44.8 Å². The van der Waals surface area contributed by atoms with Crippen molar-refractivity contribution in [2.45, 2.75) is 64.4 Å². The molecule has 170 valence electrons. The second kappa shape index (κ2) is 8.49. The SMILES string of the molecule is Cc1cccc2cc(CN3N=C(C#C[C@@H](C)O)C4C(N)=NC=NC43)n(C3CCCC3)c(=O)c12. The molecule has 0 radical (unpaired) electrons. The van der Waals surface area contributed by atoms with Gasteiger partial charge in [-0.15, -0.1) is 0 Å². The molecule has 1 aliphatic carbocycles. The predicted molar refractivity (Wildman–Crippen MR) is 130 cm³/mol. The highest BCUT2D eigenvalue weighted by molar-refractivity contribution is 6.17. The van der Waals surface area contributed by atoms with Crippen LogP contribution >= 0.6 is 0 Å². The van der Waals surface area contributed by atoms with E-state index in [1.54, 1.807) is 6.92 Å². The number of nitrogens with zero attached hydrogens (tertiary/aromatic N) is 5. The summed E-state index contributed by atoms with van der Waals surface area (Å²) >= 11 is 0. The van der Waals surface area contributed by atoms with Gasteiger partial charge in [0, 0.05) is 11.7 Å². The van der Waals surface area contributed by atoms with Crippen LogP contribution in [0.5, 0.6) is 0 Å². The van der Waals surface area contributed by atoms with E-state index in [0.717, 1.165) is 47.7 Å². The fourth-order valence-electron chi connectivity index (χ4n) is 5.14. The van der Waals surface area contributed by atoms with Gasteiger partial charge in [0.2, 0.25) is 0 Å². The van der Waals surface area contributed by atoms with Gasteiger partial charge in [-0.1, -0.05) is 37.0 Å². The monoisotopic (exact) mass is 444 g/mol. The van der Waals surface area contributed by atoms with Gasteiger partial charge in [-0.05, 0) is 49.6 Å². The second-order valence-corrected chi connectivity index (χ2v) is 9.03. The van der Waals surface area contributed by atoms with E-state index < -0.39 is 6.10 Å². The molecule has 0 amide bonds. The average Bonchev–Trinajstić information content (AvgIpc) is 3.41. The number of aliphatic imine (C=N–C) groups is 2. The Morgan fingerprint density at radius 1 is 1.30 bits per heavy atom. The Hall–Kier alpha value is -3.44. The number of nitrogens with two attached hydrogens (primary N) is 1. The van der Waals surface area contributed by atoms with Gasteiger partial charge in [0.25, 0.3) is 5.56 Å². The Balaban J connectivity index is 1.60. The molecule has 3 atom stereocenters. The summed E-state index contributed by atoms with van der Waals surface area (Å²) in [6, 6.07) is 8.26. The highest BCUT2D eigenvalue weighted by Crippen LogP contribution is 2.33. The number of hydrogen-bond donors (Lipinski definition) is 2. The third kappa shape index (κ3) is 3.83. The number of hydrogen-bond acceptors (Lipinski definition) is 7. The Labute approximate surface area is 192 Å². The summed E-state index contributed by atoms with van der Waals surface area (Å²) in [5.41, 5.74) is 8.68. The van der Waals surface area contributed by atoms with Crippen LogP contribution in [0.25, 0.3) is 10.8 Å². The summed E-state index contributed by atoms with van der Waals surface area (Å²) < 4.78 is 1.98. The lowest BCUT2D eigenvalue weighted by Crippen LogP contribution is -2.42. The maximum absolute atomic E-state index is 13.7. The first-order chi connectivity index (χ1) is 15.9. The van der Waals surface area contributed by atoms with Crippen molar-refractivity contribution >= 4 is 28.7 Å². The van der Waals surface area contributed by atoms with Crippen LogP contribution in [0, 0.1) is 24.7 Å². The van der Waals surface area contributed by atoms with Crippen molar-refractivity contribution in [2.75, 3.05) is 0 Å². The summed E-state index contributed by atoms with van der Waals surface area (Å²) in [6.45, 7) is 4.00. The van der Waals surface area contributed by atoms with Gasteiger partial charge < -0.3 is 15.4 Å². The van der Waals surface area contributed by atoms with Crippen molar-refractivity contribution in [3.8, 4) is 11.8 Å². The number of aliphatic hydroxyl groups is 1. The molecule has 3 N–H and O–H groups in total. The normalized spacial score (nSPS) is 23.2. The number of hydrazone groups is 1. The van der Waals surface area contributed by atoms with E-state index in [0.29, 0.717) is 18.1 Å². The standard InChI is InChI=1S/C25H28N6O2/c1-15-6-5-7-17-12-19(31(25(33)21(15)17)18-8-3-4-9-18)13-30-24-22(23(26)27-14-28-24)20(29-30)11-10-16(2)32/h5-7,12,14,16,18,22,24,32H,3-4,8-9,13H2,1-2H3,(H2,26,27,28)/t16-,22?,24?/m1/s1. The minimum absolute atomic E-state index is 0.0644. The summed E-state index contributed by atoms with van der Waals surface area (Å²) in [7, 11) is 0. The number of fused-ring (bicyclic) bond motifs is 2. The number of aliphatic hydroxyl groups excluding tert-OH is 1. The topological polar surface area (TPSA) is 109 Å². The van der Waals surface area contributed by atoms with Crippen molar-refractivity contribution in [3.63, 3.8) is 0 Å². The largest absolute Gasteiger partial charge is 0.386 e. The van der Waals surface area contributed by atoms with Crippen LogP contribution in [0.1, 0.15) is 49.9 Å². The molecule has 0 saturated heterocycles. The fraction of sp³-hybridized carbons (Fsp3) is 0.440. The van der Waals surface area contributed by atoms with Gasteiger partial charge in [-0.3, -0.25) is 9.80 Å². The third-order valence-corrected chi connectivity index (χ3v) is 6.67. The zero-order chi connectivity index (χ0) is 23.1. The summed E-state index contributed by atoms with van der Waals surface area (Å²) in [5, 5.41) is 17.9. The fourth-order valence-corrected chi connectivity index (χ4v) is 5.14. The zero-order valence-corrected chi connectivity index (χ0v) is 18.9. The molecule has 2 aliphatic heterocycles. The number of amidine groups is 1. The Morgan fingerprint density at radius 2 is 2.09 bits per heavy atom. The molecule has 1 fully saturated rings. The Kier molecular flexibility index (Phi) is 5.51. The smallest absolute Gasteiger partial charge is 0.259 e. The molecule has 5 rings (SSSR count). The van der Waals surface area contributed by atoms with E-state index in [2.05, 4.69) is 27.9 Å². The van der Waals surface area contributed by atoms with Gasteiger partial charge >= 0.3 is 0 Å². The molecule has 2 unspecified atom stereocenters. The van der Waals surface area contributed by atoms with E-state index in [-0.39, 0.29) is 23.7 Å². The van der Waals surface area contributed by atoms with E-state index in [9.17, 15) is 9.90 Å². The molecule has 1 aromatic heterocycles. The van der Waals surface area contributed by atoms with Crippen molar-refractivity contribution in [3.05, 3.63) is 45.9 Å². The highest BCUT2D eigenvalue weighted by Gasteiger charge is 2.41. The van der Waals surface area contributed by atoms with Crippen molar-refractivity contribution in [1.82, 2.24) is 9.58 Å². The van der Waals surface area contributed by atoms with E-state index >= 15 is 0 Å². The van der Waals surface area contributed by atoms with E-state index in [4.69, 9.17) is 10.8 Å². The van der Waals surface area contributed by atoms with Gasteiger partial charge in [0.05, 0.1) is 11.9 Å². The number of aryl methyl sites for hydroxylation is 1. The van der Waals surface area contributed by atoms with Gasteiger partial charge in [0.15, 0.2) is 6.17 Å². The zero-order valence-electron chi connectivity index (χ0n) is 18.9. The van der Waals surface area contributed by atoms with Crippen LogP contribution in [-0.2, 0) is 6.54 Å². The number of benzene rings is 1. The molecule has 2 aromatic rings. The van der Waals surface area contributed by atoms with Crippen molar-refractivity contribution < 1.29 is 5.11 Å². The highest BCUT2D eigenvalue weighted by atomic mass is 16.3. The summed E-state index contributed by atoms with van der Waals surface area (Å²) in [4.78, 5) is 22.4. The first kappa shape index (κ1) is 21.4. The molecule has 3 aliphatic rings. The second-order valence-electron chi connectivity index (χ2n) is 9.03. The minimum atomic E-state index is -0.776. The first-order valence-electron chi connectivity index (χ1n) is 11.5. The first-order valence-corrected chi connectivity index (χ1v) is 11.5. The lowest BCUT2D eigenvalue weighted by atomic mass is 9.99. The van der Waals surface area contributed by atoms with E-state index in [1.807, 2.05) is 34.7 Å². The van der Waals surface area contributed by atoms with Crippen molar-refractivity contribution in [1.29, 1.82) is 0 Å². The average molecular weight is 445 g/mol. The van der Waals surface area contributed by atoms with Crippen molar-refractivity contribution in [2.24, 2.45) is 26.7 Å². The summed E-state index contributed by atoms with van der Waals surface area (Å²) in [6.07, 6.45) is 4.57. The number of aromatic nitrogens is 1. The third-order valence-electron chi connectivity index (χ3n) is 6.67. The quantitative estimate of drug-likeness (QED) is 0.708. The summed E-state index contributed by atoms with van der Waals surface area (Å²) in [5.74, 6) is 5.74. The molecule has 0 spiro atoms. The molecule has 33 heavy (non-hydrogen) atoms. The van der Waals surface area contributed by atoms with Crippen LogP contribution in [0.15, 0.2) is 44.1 Å². The number of pyridine rings is 1. The minimum Gasteiger partial charge on any atom is -0.386 e. The lowest BCUT2D eigenvalue weighted by Gasteiger charge is -2.28. The molecular formula is C25H28N6O2. The number of rotatable bonds is 3. The Bertz CT molecular complexity index is 1300. The lowest BCUT2D eigenvalue weighted by molar-refractivity contribution is 0.206.